The summed E-state index contributed by atoms with van der Waals surface area (Å²) in [6, 6.07) is 0. The Morgan fingerprint density at radius 3 is 2.65 bits per heavy atom. The third-order valence-electron chi connectivity index (χ3n) is 2.22. The predicted octanol–water partition coefficient (Wildman–Crippen LogP) is 2.73. The van der Waals surface area contributed by atoms with Crippen molar-refractivity contribution in [1.82, 2.24) is 9.71 Å². The molecule has 1 N–H and O–H groups in total. The minimum absolute atomic E-state index is 0.308. The molecule has 0 saturated carbocycles. The number of alkyl halides is 1. The van der Waals surface area contributed by atoms with Crippen LogP contribution >= 0.6 is 33.9 Å². The molecule has 0 aliphatic carbocycles. The van der Waals surface area contributed by atoms with Gasteiger partial charge in [-0.2, -0.15) is 0 Å². The lowest BCUT2D eigenvalue weighted by Crippen LogP contribution is -2.24. The van der Waals surface area contributed by atoms with Crippen molar-refractivity contribution in [2.45, 2.75) is 36.8 Å². The Balaban J connectivity index is 2.31. The van der Waals surface area contributed by atoms with Crippen molar-refractivity contribution < 1.29 is 8.42 Å². The van der Waals surface area contributed by atoms with E-state index in [4.69, 9.17) is 0 Å². The predicted molar refractivity (Wildman–Crippen MR) is 79.4 cm³/mol. The van der Waals surface area contributed by atoms with Gasteiger partial charge in [0.25, 0.3) is 10.0 Å². The highest BCUT2D eigenvalue weighted by Crippen LogP contribution is 2.17. The molecule has 0 atom stereocenters. The molecule has 0 saturated heterocycles. The number of hydrogen-bond donors (Lipinski definition) is 1. The number of nitrogens with one attached hydrogen (secondary N) is 1. The molecular formula is C10H17IN2O2S2. The van der Waals surface area contributed by atoms with Crippen LogP contribution < -0.4 is 4.72 Å². The van der Waals surface area contributed by atoms with Crippen molar-refractivity contribution in [2.24, 2.45) is 0 Å². The minimum Gasteiger partial charge on any atom is -0.249 e. The molecule has 0 aliphatic rings. The SMILES string of the molecule is Cc1ncc(S(=O)(=O)NCCCCCCI)s1. The van der Waals surface area contributed by atoms with E-state index in [2.05, 4.69) is 32.3 Å². The van der Waals surface area contributed by atoms with Crippen LogP contribution in [0.15, 0.2) is 10.4 Å². The van der Waals surface area contributed by atoms with Crippen LogP contribution in [0.3, 0.4) is 0 Å². The van der Waals surface area contributed by atoms with Gasteiger partial charge in [-0.05, 0) is 24.2 Å². The van der Waals surface area contributed by atoms with Crippen LogP contribution in [-0.4, -0.2) is 24.4 Å². The van der Waals surface area contributed by atoms with Crippen molar-refractivity contribution in [3.05, 3.63) is 11.2 Å². The molecule has 1 aromatic heterocycles. The second kappa shape index (κ2) is 7.65. The third kappa shape index (κ3) is 5.62. The molecular weight excluding hydrogens is 371 g/mol. The fourth-order valence-corrected chi connectivity index (χ4v) is 4.08. The van der Waals surface area contributed by atoms with E-state index in [-0.39, 0.29) is 0 Å². The summed E-state index contributed by atoms with van der Waals surface area (Å²) in [5.41, 5.74) is 0. The van der Waals surface area contributed by atoms with Gasteiger partial charge in [-0.1, -0.05) is 35.4 Å². The van der Waals surface area contributed by atoms with E-state index in [1.807, 2.05) is 0 Å². The summed E-state index contributed by atoms with van der Waals surface area (Å²) in [4.78, 5) is 3.95. The van der Waals surface area contributed by atoms with Crippen LogP contribution in [0.1, 0.15) is 30.7 Å². The Morgan fingerprint density at radius 1 is 1.35 bits per heavy atom. The Labute approximate surface area is 120 Å². The lowest BCUT2D eigenvalue weighted by Gasteiger charge is -2.03. The molecule has 0 amide bonds. The molecule has 0 spiro atoms. The summed E-state index contributed by atoms with van der Waals surface area (Å²) in [6.45, 7) is 2.31. The van der Waals surface area contributed by atoms with E-state index in [0.717, 1.165) is 17.8 Å². The number of nitrogens with zero attached hydrogens (tertiary/aromatic N) is 1. The lowest BCUT2D eigenvalue weighted by atomic mass is 10.2. The van der Waals surface area contributed by atoms with Crippen LogP contribution in [0.25, 0.3) is 0 Å². The van der Waals surface area contributed by atoms with Gasteiger partial charge >= 0.3 is 0 Å². The molecule has 0 unspecified atom stereocenters. The molecule has 0 radical (unpaired) electrons. The molecule has 1 rings (SSSR count). The van der Waals surface area contributed by atoms with Gasteiger partial charge in [0, 0.05) is 6.54 Å². The number of aromatic nitrogens is 1. The lowest BCUT2D eigenvalue weighted by molar-refractivity contribution is 0.576. The first-order valence-electron chi connectivity index (χ1n) is 5.54. The van der Waals surface area contributed by atoms with Crippen LogP contribution in [0, 0.1) is 6.92 Å². The molecule has 0 aliphatic heterocycles. The highest BCUT2D eigenvalue weighted by Gasteiger charge is 2.15. The Bertz CT molecular complexity index is 431. The van der Waals surface area contributed by atoms with Crippen molar-refractivity contribution in [1.29, 1.82) is 0 Å². The second-order valence-electron chi connectivity index (χ2n) is 3.70. The highest BCUT2D eigenvalue weighted by atomic mass is 127. The molecule has 98 valence electrons. The zero-order valence-electron chi connectivity index (χ0n) is 9.78. The van der Waals surface area contributed by atoms with Crippen molar-refractivity contribution in [3.63, 3.8) is 0 Å². The standard InChI is InChI=1S/C10H17IN2O2S2/c1-9-12-8-10(16-9)17(14,15)13-7-5-3-2-4-6-11/h8,13H,2-7H2,1H3. The first-order valence-corrected chi connectivity index (χ1v) is 9.37. The number of aryl methyl sites for hydroxylation is 1. The van der Waals surface area contributed by atoms with Gasteiger partial charge in [-0.25, -0.2) is 18.1 Å². The minimum atomic E-state index is -3.33. The molecule has 0 fully saturated rings. The smallest absolute Gasteiger partial charge is 0.249 e. The maximum Gasteiger partial charge on any atom is 0.251 e. The second-order valence-corrected chi connectivity index (χ2v) is 8.01. The van der Waals surface area contributed by atoms with Gasteiger partial charge in [-0.15, -0.1) is 11.3 Å². The van der Waals surface area contributed by atoms with E-state index >= 15 is 0 Å². The van der Waals surface area contributed by atoms with Crippen LogP contribution in [-0.2, 0) is 10.0 Å². The molecule has 0 bridgehead atoms. The number of halogens is 1. The molecule has 0 aromatic carbocycles. The summed E-state index contributed by atoms with van der Waals surface area (Å²) in [5, 5.41) is 0.771. The van der Waals surface area contributed by atoms with Gasteiger partial charge in [0.15, 0.2) is 4.21 Å². The van der Waals surface area contributed by atoms with Gasteiger partial charge in [0.2, 0.25) is 0 Å². The monoisotopic (exact) mass is 388 g/mol. The summed E-state index contributed by atoms with van der Waals surface area (Å²) < 4.78 is 27.7. The Hall–Kier alpha value is 0.270. The summed E-state index contributed by atoms with van der Waals surface area (Å²) >= 11 is 3.56. The van der Waals surface area contributed by atoms with Crippen LogP contribution in [0.2, 0.25) is 0 Å². The van der Waals surface area contributed by atoms with E-state index < -0.39 is 10.0 Å². The number of hydrogen-bond acceptors (Lipinski definition) is 4. The largest absolute Gasteiger partial charge is 0.251 e. The number of rotatable bonds is 8. The first-order chi connectivity index (χ1) is 8.06. The normalized spacial score (nSPS) is 11.9. The first kappa shape index (κ1) is 15.3. The van der Waals surface area contributed by atoms with E-state index in [9.17, 15) is 8.42 Å². The summed E-state index contributed by atoms with van der Waals surface area (Å²) in [6.07, 6.45) is 5.77. The van der Waals surface area contributed by atoms with Crippen LogP contribution in [0.5, 0.6) is 0 Å². The fraction of sp³-hybridized carbons (Fsp3) is 0.700. The fourth-order valence-electron chi connectivity index (χ4n) is 1.32. The number of unbranched alkanes of at least 4 members (excludes halogenated alkanes) is 3. The van der Waals surface area contributed by atoms with Gasteiger partial charge in [0.05, 0.1) is 11.2 Å². The van der Waals surface area contributed by atoms with E-state index in [0.29, 0.717) is 10.8 Å². The average molecular weight is 388 g/mol. The zero-order valence-corrected chi connectivity index (χ0v) is 13.6. The Kier molecular flexibility index (Phi) is 6.90. The summed E-state index contributed by atoms with van der Waals surface area (Å²) in [5.74, 6) is 0. The average Bonchev–Trinajstić information content (AvgIpc) is 2.71. The highest BCUT2D eigenvalue weighted by molar-refractivity contribution is 14.1. The van der Waals surface area contributed by atoms with E-state index in [1.165, 1.54) is 34.8 Å². The quantitative estimate of drug-likeness (QED) is 0.423. The van der Waals surface area contributed by atoms with Gasteiger partial charge in [0.1, 0.15) is 0 Å². The molecule has 1 aromatic rings. The van der Waals surface area contributed by atoms with Crippen molar-refractivity contribution in [2.75, 3.05) is 11.0 Å². The molecule has 17 heavy (non-hydrogen) atoms. The maximum absolute atomic E-state index is 11.8. The molecule has 1 heterocycles. The van der Waals surface area contributed by atoms with Crippen LogP contribution in [0.4, 0.5) is 0 Å². The third-order valence-corrected chi connectivity index (χ3v) is 5.82. The summed E-state index contributed by atoms with van der Waals surface area (Å²) in [7, 11) is -3.33. The van der Waals surface area contributed by atoms with Crippen molar-refractivity contribution in [3.8, 4) is 0 Å². The molecule has 7 heteroatoms. The number of sulfonamides is 1. The van der Waals surface area contributed by atoms with Gasteiger partial charge < -0.3 is 0 Å². The molecule has 4 nitrogen and oxygen atoms in total. The van der Waals surface area contributed by atoms with Crippen molar-refractivity contribution >= 4 is 44.0 Å². The maximum atomic E-state index is 11.8. The van der Waals surface area contributed by atoms with Gasteiger partial charge in [-0.3, -0.25) is 0 Å². The zero-order chi connectivity index (χ0) is 12.7. The number of thiazole rings is 1. The topological polar surface area (TPSA) is 59.1 Å². The Morgan fingerprint density at radius 2 is 2.06 bits per heavy atom. The van der Waals surface area contributed by atoms with E-state index in [1.54, 1.807) is 6.92 Å².